The number of amides is 4. The van der Waals surface area contributed by atoms with Crippen molar-refractivity contribution in [2.45, 2.75) is 13.3 Å². The summed E-state index contributed by atoms with van der Waals surface area (Å²) in [5, 5.41) is 5.10. The Kier molecular flexibility index (Phi) is 7.51. The number of thiazole rings is 1. The summed E-state index contributed by atoms with van der Waals surface area (Å²) in [6.07, 6.45) is 0.211. The van der Waals surface area contributed by atoms with E-state index in [4.69, 9.17) is 4.74 Å². The number of benzene rings is 1. The molecule has 4 rings (SSSR count). The number of rotatable bonds is 5. The van der Waals surface area contributed by atoms with E-state index in [0.29, 0.717) is 50.1 Å². The molecule has 0 aliphatic carbocycles. The van der Waals surface area contributed by atoms with Crippen molar-refractivity contribution in [1.29, 1.82) is 0 Å². The zero-order valence-electron chi connectivity index (χ0n) is 19.5. The fraction of sp³-hybridized carbons (Fsp3) is 0.478. The van der Waals surface area contributed by atoms with Gasteiger partial charge in [0.05, 0.1) is 19.2 Å². The molecule has 0 atom stereocenters. The standard InChI is InChI=1S/C23H30N6O4S/c1-17(30)26-6-12-29(13-7-26)23(32)25-22-24-18(16-34-22)14-21(31)28-10-8-27(9-11-28)19-4-3-5-20(15-19)33-2/h3-5,15-16H,6-14H2,1-2H3,(H,24,25,32). The molecule has 1 aromatic heterocycles. The predicted molar refractivity (Wildman–Crippen MR) is 130 cm³/mol. The first-order valence-corrected chi connectivity index (χ1v) is 12.2. The number of urea groups is 1. The van der Waals surface area contributed by atoms with Crippen molar-refractivity contribution in [3.63, 3.8) is 0 Å². The molecule has 0 bridgehead atoms. The average Bonchev–Trinajstić information content (AvgIpc) is 3.30. The lowest BCUT2D eigenvalue weighted by molar-refractivity contribution is -0.131. The molecule has 10 nitrogen and oxygen atoms in total. The van der Waals surface area contributed by atoms with Crippen molar-refractivity contribution in [1.82, 2.24) is 19.7 Å². The first-order valence-electron chi connectivity index (χ1n) is 11.4. The molecular formula is C23H30N6O4S. The lowest BCUT2D eigenvalue weighted by atomic mass is 10.2. The largest absolute Gasteiger partial charge is 0.497 e. The summed E-state index contributed by atoms with van der Waals surface area (Å²) in [5.41, 5.74) is 1.75. The van der Waals surface area contributed by atoms with Gasteiger partial charge in [0, 0.05) is 76.4 Å². The number of anilines is 2. The smallest absolute Gasteiger partial charge is 0.323 e. The Bertz CT molecular complexity index is 1030. The molecule has 0 spiro atoms. The lowest BCUT2D eigenvalue weighted by Gasteiger charge is -2.36. The number of hydrogen-bond donors (Lipinski definition) is 1. The number of piperazine rings is 2. The van der Waals surface area contributed by atoms with Gasteiger partial charge in [-0.05, 0) is 12.1 Å². The van der Waals surface area contributed by atoms with Gasteiger partial charge < -0.3 is 24.3 Å². The van der Waals surface area contributed by atoms with Crippen LogP contribution in [0.3, 0.4) is 0 Å². The normalized spacial score (nSPS) is 16.4. The number of ether oxygens (including phenoxy) is 1. The molecule has 2 aliphatic heterocycles. The molecule has 0 radical (unpaired) electrons. The van der Waals surface area contributed by atoms with Crippen LogP contribution in [0.25, 0.3) is 0 Å². The van der Waals surface area contributed by atoms with Gasteiger partial charge in [0.15, 0.2) is 5.13 Å². The minimum Gasteiger partial charge on any atom is -0.497 e. The molecule has 2 aromatic rings. The van der Waals surface area contributed by atoms with Crippen LogP contribution >= 0.6 is 11.3 Å². The predicted octanol–water partition coefficient (Wildman–Crippen LogP) is 1.74. The molecule has 11 heteroatoms. The highest BCUT2D eigenvalue weighted by Crippen LogP contribution is 2.23. The van der Waals surface area contributed by atoms with Gasteiger partial charge in [0.2, 0.25) is 11.8 Å². The van der Waals surface area contributed by atoms with E-state index in [9.17, 15) is 14.4 Å². The first-order chi connectivity index (χ1) is 16.4. The molecule has 1 aromatic carbocycles. The summed E-state index contributed by atoms with van der Waals surface area (Å²) in [6, 6.07) is 7.71. The van der Waals surface area contributed by atoms with Crippen molar-refractivity contribution in [2.24, 2.45) is 0 Å². The SMILES string of the molecule is COc1cccc(N2CCN(C(=O)Cc3csc(NC(=O)N4CCN(C(C)=O)CC4)n3)CC2)c1. The summed E-state index contributed by atoms with van der Waals surface area (Å²) in [5.74, 6) is 0.880. The molecule has 0 saturated carbocycles. The van der Waals surface area contributed by atoms with Crippen LogP contribution in [0.15, 0.2) is 29.6 Å². The van der Waals surface area contributed by atoms with Crippen molar-refractivity contribution < 1.29 is 19.1 Å². The van der Waals surface area contributed by atoms with Crippen LogP contribution in [0.5, 0.6) is 5.75 Å². The van der Waals surface area contributed by atoms with E-state index in [-0.39, 0.29) is 24.3 Å². The van der Waals surface area contributed by atoms with E-state index >= 15 is 0 Å². The van der Waals surface area contributed by atoms with Gasteiger partial charge in [0.25, 0.3) is 0 Å². The summed E-state index contributed by atoms with van der Waals surface area (Å²) in [6.45, 7) is 6.40. The van der Waals surface area contributed by atoms with Crippen molar-refractivity contribution in [3.05, 3.63) is 35.3 Å². The van der Waals surface area contributed by atoms with Gasteiger partial charge in [-0.1, -0.05) is 6.07 Å². The minimum absolute atomic E-state index is 0.0241. The van der Waals surface area contributed by atoms with Crippen molar-refractivity contribution in [2.75, 3.05) is 69.7 Å². The highest BCUT2D eigenvalue weighted by molar-refractivity contribution is 7.13. The number of nitrogens with one attached hydrogen (secondary N) is 1. The molecular weight excluding hydrogens is 456 g/mol. The van der Waals surface area contributed by atoms with Crippen LogP contribution in [0, 0.1) is 0 Å². The number of carbonyl (C=O) groups is 3. The van der Waals surface area contributed by atoms with Crippen LogP contribution < -0.4 is 15.0 Å². The van der Waals surface area contributed by atoms with Gasteiger partial charge in [0.1, 0.15) is 5.75 Å². The zero-order chi connectivity index (χ0) is 24.1. The molecule has 2 saturated heterocycles. The summed E-state index contributed by atoms with van der Waals surface area (Å²) in [4.78, 5) is 48.7. The second kappa shape index (κ2) is 10.7. The van der Waals surface area contributed by atoms with Crippen molar-refractivity contribution in [3.8, 4) is 5.75 Å². The first kappa shape index (κ1) is 23.8. The molecule has 34 heavy (non-hydrogen) atoms. The Balaban J connectivity index is 1.24. The number of nitrogens with zero attached hydrogens (tertiary/aromatic N) is 5. The van der Waals surface area contributed by atoms with Gasteiger partial charge in [-0.15, -0.1) is 11.3 Å². The second-order valence-electron chi connectivity index (χ2n) is 8.31. The number of methoxy groups -OCH3 is 1. The Morgan fingerprint density at radius 3 is 2.35 bits per heavy atom. The maximum Gasteiger partial charge on any atom is 0.323 e. The third-order valence-corrected chi connectivity index (χ3v) is 6.97. The third kappa shape index (κ3) is 5.77. The molecule has 0 unspecified atom stereocenters. The summed E-state index contributed by atoms with van der Waals surface area (Å²) < 4.78 is 5.30. The van der Waals surface area contributed by atoms with Gasteiger partial charge >= 0.3 is 6.03 Å². The van der Waals surface area contributed by atoms with Crippen LogP contribution in [0.2, 0.25) is 0 Å². The van der Waals surface area contributed by atoms with Crippen LogP contribution in [0.1, 0.15) is 12.6 Å². The van der Waals surface area contributed by atoms with E-state index in [2.05, 4.69) is 15.2 Å². The molecule has 3 heterocycles. The fourth-order valence-electron chi connectivity index (χ4n) is 4.13. The maximum atomic E-state index is 12.8. The maximum absolute atomic E-state index is 12.8. The summed E-state index contributed by atoms with van der Waals surface area (Å²) in [7, 11) is 1.65. The van der Waals surface area contributed by atoms with Gasteiger partial charge in [-0.2, -0.15) is 0 Å². The van der Waals surface area contributed by atoms with E-state index < -0.39 is 0 Å². The molecule has 182 valence electrons. The van der Waals surface area contributed by atoms with Crippen LogP contribution in [-0.2, 0) is 16.0 Å². The fourth-order valence-corrected chi connectivity index (χ4v) is 4.83. The van der Waals surface area contributed by atoms with Crippen molar-refractivity contribution >= 4 is 40.0 Å². The van der Waals surface area contributed by atoms with Crippen LogP contribution in [0.4, 0.5) is 15.6 Å². The molecule has 4 amide bonds. The Morgan fingerprint density at radius 1 is 1.00 bits per heavy atom. The minimum atomic E-state index is -0.232. The Labute approximate surface area is 203 Å². The van der Waals surface area contributed by atoms with Gasteiger partial charge in [-0.3, -0.25) is 14.9 Å². The van der Waals surface area contributed by atoms with E-state index in [1.807, 2.05) is 34.5 Å². The molecule has 2 fully saturated rings. The zero-order valence-corrected chi connectivity index (χ0v) is 20.3. The second-order valence-corrected chi connectivity index (χ2v) is 9.17. The number of aromatic nitrogens is 1. The third-order valence-electron chi connectivity index (χ3n) is 6.16. The number of carbonyl (C=O) groups excluding carboxylic acids is 3. The van der Waals surface area contributed by atoms with E-state index in [1.54, 1.807) is 16.9 Å². The lowest BCUT2D eigenvalue weighted by Crippen LogP contribution is -2.51. The topological polar surface area (TPSA) is 98.3 Å². The Hall–Kier alpha value is -3.34. The molecule has 1 N–H and O–H groups in total. The van der Waals surface area contributed by atoms with E-state index in [0.717, 1.165) is 24.5 Å². The highest BCUT2D eigenvalue weighted by Gasteiger charge is 2.24. The molecule has 2 aliphatic rings. The summed E-state index contributed by atoms with van der Waals surface area (Å²) >= 11 is 1.31. The number of hydrogen-bond acceptors (Lipinski definition) is 7. The van der Waals surface area contributed by atoms with Gasteiger partial charge in [-0.25, -0.2) is 9.78 Å². The monoisotopic (exact) mass is 486 g/mol. The van der Waals surface area contributed by atoms with Crippen LogP contribution in [-0.4, -0.2) is 97.0 Å². The average molecular weight is 487 g/mol. The quantitative estimate of drug-likeness (QED) is 0.691. The Morgan fingerprint density at radius 2 is 1.68 bits per heavy atom. The highest BCUT2D eigenvalue weighted by atomic mass is 32.1. The van der Waals surface area contributed by atoms with E-state index in [1.165, 1.54) is 18.3 Å².